The van der Waals surface area contributed by atoms with Crippen LogP contribution in [-0.2, 0) is 11.2 Å². The number of hydrogen-bond donors (Lipinski definition) is 3. The minimum atomic E-state index is -0.759. The van der Waals surface area contributed by atoms with E-state index in [2.05, 4.69) is 22.4 Å². The molecule has 1 aromatic carbocycles. The Morgan fingerprint density at radius 1 is 1.29 bits per heavy atom. The van der Waals surface area contributed by atoms with E-state index in [1.165, 1.54) is 5.39 Å². The number of aliphatic hydroxyl groups is 1. The number of carbonyl (C=O) groups excluding carboxylic acids is 1. The average molecular weight is 286 g/mol. The highest BCUT2D eigenvalue weighted by molar-refractivity contribution is 5.80. The summed E-state index contributed by atoms with van der Waals surface area (Å²) in [5, 5.41) is 14.3. The van der Waals surface area contributed by atoms with Crippen molar-refractivity contribution in [1.82, 2.24) is 10.3 Å². The first kappa shape index (κ1) is 14.1. The van der Waals surface area contributed by atoms with Gasteiger partial charge < -0.3 is 15.4 Å². The molecule has 21 heavy (non-hydrogen) atoms. The summed E-state index contributed by atoms with van der Waals surface area (Å²) in [7, 11) is 0. The van der Waals surface area contributed by atoms with Crippen LogP contribution in [0.2, 0.25) is 0 Å². The molecule has 1 fully saturated rings. The third kappa shape index (κ3) is 3.45. The molecular formula is C17H22N2O2. The van der Waals surface area contributed by atoms with E-state index in [1.54, 1.807) is 0 Å². The van der Waals surface area contributed by atoms with Crippen molar-refractivity contribution in [3.63, 3.8) is 0 Å². The standard InChI is InChI=1S/C17H22N2O2/c20-16(12-17(21)8-3-4-9-17)18-10-7-14-11-13-5-1-2-6-15(13)19-14/h1-2,5-6,11,19,21H,3-4,7-10,12H2,(H,18,20). The third-order valence-corrected chi connectivity index (χ3v) is 4.33. The highest BCUT2D eigenvalue weighted by Gasteiger charge is 2.33. The quantitative estimate of drug-likeness (QED) is 0.790. The Kier molecular flexibility index (Phi) is 3.97. The van der Waals surface area contributed by atoms with Crippen LogP contribution in [0.5, 0.6) is 0 Å². The number of H-pyrrole nitrogens is 1. The third-order valence-electron chi connectivity index (χ3n) is 4.33. The second kappa shape index (κ2) is 5.90. The van der Waals surface area contributed by atoms with E-state index in [9.17, 15) is 9.90 Å². The van der Waals surface area contributed by atoms with Crippen LogP contribution in [0.1, 0.15) is 37.8 Å². The number of fused-ring (bicyclic) bond motifs is 1. The highest BCUT2D eigenvalue weighted by atomic mass is 16.3. The molecule has 0 radical (unpaired) electrons. The van der Waals surface area contributed by atoms with Crippen LogP contribution in [0.25, 0.3) is 10.9 Å². The van der Waals surface area contributed by atoms with Gasteiger partial charge in [0.1, 0.15) is 0 Å². The summed E-state index contributed by atoms with van der Waals surface area (Å²) in [6.45, 7) is 0.599. The van der Waals surface area contributed by atoms with E-state index in [0.717, 1.165) is 43.3 Å². The lowest BCUT2D eigenvalue weighted by Crippen LogP contribution is -2.35. The molecule has 1 aromatic heterocycles. The van der Waals surface area contributed by atoms with Gasteiger partial charge in [-0.1, -0.05) is 31.0 Å². The zero-order valence-corrected chi connectivity index (χ0v) is 12.2. The van der Waals surface area contributed by atoms with Crippen molar-refractivity contribution >= 4 is 16.8 Å². The number of aromatic nitrogens is 1. The summed E-state index contributed by atoms with van der Waals surface area (Å²) in [5.41, 5.74) is 1.49. The van der Waals surface area contributed by atoms with Crippen LogP contribution >= 0.6 is 0 Å². The van der Waals surface area contributed by atoms with E-state index in [0.29, 0.717) is 6.54 Å². The Bertz CT molecular complexity index is 594. The van der Waals surface area contributed by atoms with Crippen molar-refractivity contribution < 1.29 is 9.90 Å². The maximum absolute atomic E-state index is 11.9. The smallest absolute Gasteiger partial charge is 0.222 e. The minimum absolute atomic E-state index is 0.0458. The van der Waals surface area contributed by atoms with Crippen molar-refractivity contribution in [2.45, 2.75) is 44.1 Å². The molecule has 1 saturated carbocycles. The van der Waals surface area contributed by atoms with E-state index in [-0.39, 0.29) is 12.3 Å². The summed E-state index contributed by atoms with van der Waals surface area (Å²) < 4.78 is 0. The van der Waals surface area contributed by atoms with Crippen molar-refractivity contribution in [3.8, 4) is 0 Å². The largest absolute Gasteiger partial charge is 0.389 e. The molecule has 1 heterocycles. The SMILES string of the molecule is O=C(CC1(O)CCCC1)NCCc1cc2ccccc2[nH]1. The topological polar surface area (TPSA) is 65.1 Å². The molecule has 0 unspecified atom stereocenters. The monoisotopic (exact) mass is 286 g/mol. The fourth-order valence-electron chi connectivity index (χ4n) is 3.18. The van der Waals surface area contributed by atoms with Crippen molar-refractivity contribution in [3.05, 3.63) is 36.0 Å². The predicted molar refractivity (Wildman–Crippen MR) is 83.0 cm³/mol. The molecule has 4 heteroatoms. The fourth-order valence-corrected chi connectivity index (χ4v) is 3.18. The Morgan fingerprint density at radius 3 is 2.81 bits per heavy atom. The second-order valence-electron chi connectivity index (χ2n) is 6.09. The van der Waals surface area contributed by atoms with E-state index < -0.39 is 5.60 Å². The van der Waals surface area contributed by atoms with Gasteiger partial charge in [0.25, 0.3) is 0 Å². The molecule has 0 bridgehead atoms. The van der Waals surface area contributed by atoms with Crippen LogP contribution in [0, 0.1) is 0 Å². The maximum atomic E-state index is 11.9. The number of amides is 1. The number of aromatic amines is 1. The van der Waals surface area contributed by atoms with Crippen molar-refractivity contribution in [2.24, 2.45) is 0 Å². The van der Waals surface area contributed by atoms with Gasteiger partial charge in [-0.3, -0.25) is 4.79 Å². The molecule has 0 spiro atoms. The van der Waals surface area contributed by atoms with Crippen LogP contribution in [0.3, 0.4) is 0 Å². The Balaban J connectivity index is 1.48. The van der Waals surface area contributed by atoms with Crippen molar-refractivity contribution in [1.29, 1.82) is 0 Å². The Hall–Kier alpha value is -1.81. The summed E-state index contributed by atoms with van der Waals surface area (Å²) in [6.07, 6.45) is 4.57. The lowest BCUT2D eigenvalue weighted by molar-refractivity contribution is -0.125. The first-order chi connectivity index (χ1) is 10.1. The first-order valence-corrected chi connectivity index (χ1v) is 7.70. The molecule has 1 aliphatic rings. The molecule has 0 aliphatic heterocycles. The maximum Gasteiger partial charge on any atom is 0.222 e. The predicted octanol–water partition coefficient (Wildman–Crippen LogP) is 2.52. The van der Waals surface area contributed by atoms with E-state index in [1.807, 2.05) is 18.2 Å². The molecule has 112 valence electrons. The lowest BCUT2D eigenvalue weighted by Gasteiger charge is -2.21. The molecule has 0 saturated heterocycles. The Labute approximate surface area is 124 Å². The fraction of sp³-hybridized carbons (Fsp3) is 0.471. The van der Waals surface area contributed by atoms with Crippen LogP contribution in [0.15, 0.2) is 30.3 Å². The van der Waals surface area contributed by atoms with Crippen LogP contribution in [0.4, 0.5) is 0 Å². The minimum Gasteiger partial charge on any atom is -0.389 e. The zero-order chi connectivity index (χ0) is 14.7. The van der Waals surface area contributed by atoms with Gasteiger partial charge in [-0.15, -0.1) is 0 Å². The van der Waals surface area contributed by atoms with E-state index >= 15 is 0 Å². The van der Waals surface area contributed by atoms with E-state index in [4.69, 9.17) is 0 Å². The number of para-hydroxylation sites is 1. The first-order valence-electron chi connectivity index (χ1n) is 7.70. The number of carbonyl (C=O) groups is 1. The molecule has 1 amide bonds. The summed E-state index contributed by atoms with van der Waals surface area (Å²) in [6, 6.07) is 10.3. The summed E-state index contributed by atoms with van der Waals surface area (Å²) in [4.78, 5) is 15.2. The van der Waals surface area contributed by atoms with Gasteiger partial charge in [0.05, 0.1) is 12.0 Å². The van der Waals surface area contributed by atoms with Gasteiger partial charge in [0.15, 0.2) is 0 Å². The number of nitrogens with one attached hydrogen (secondary N) is 2. The van der Waals surface area contributed by atoms with Gasteiger partial charge in [-0.05, 0) is 30.4 Å². The highest BCUT2D eigenvalue weighted by Crippen LogP contribution is 2.32. The van der Waals surface area contributed by atoms with Gasteiger partial charge in [-0.2, -0.15) is 0 Å². The molecule has 3 rings (SSSR count). The normalized spacial score (nSPS) is 17.2. The Morgan fingerprint density at radius 2 is 2.05 bits per heavy atom. The molecule has 2 aromatic rings. The molecule has 3 N–H and O–H groups in total. The van der Waals surface area contributed by atoms with Crippen LogP contribution < -0.4 is 5.32 Å². The second-order valence-corrected chi connectivity index (χ2v) is 6.09. The zero-order valence-electron chi connectivity index (χ0n) is 12.2. The molecule has 1 aliphatic carbocycles. The number of benzene rings is 1. The number of hydrogen-bond acceptors (Lipinski definition) is 2. The number of rotatable bonds is 5. The van der Waals surface area contributed by atoms with Crippen molar-refractivity contribution in [2.75, 3.05) is 6.54 Å². The van der Waals surface area contributed by atoms with Gasteiger partial charge in [0, 0.05) is 24.2 Å². The summed E-state index contributed by atoms with van der Waals surface area (Å²) >= 11 is 0. The summed E-state index contributed by atoms with van der Waals surface area (Å²) in [5.74, 6) is -0.0458. The molecular weight excluding hydrogens is 264 g/mol. The van der Waals surface area contributed by atoms with Gasteiger partial charge in [-0.25, -0.2) is 0 Å². The molecule has 0 atom stereocenters. The van der Waals surface area contributed by atoms with Gasteiger partial charge in [0.2, 0.25) is 5.91 Å². The average Bonchev–Trinajstić information content (AvgIpc) is 3.04. The lowest BCUT2D eigenvalue weighted by atomic mass is 9.98. The van der Waals surface area contributed by atoms with Gasteiger partial charge >= 0.3 is 0 Å². The molecule has 4 nitrogen and oxygen atoms in total. The van der Waals surface area contributed by atoms with Crippen LogP contribution in [-0.4, -0.2) is 28.1 Å².